The summed E-state index contributed by atoms with van der Waals surface area (Å²) in [5.41, 5.74) is -0.150. The summed E-state index contributed by atoms with van der Waals surface area (Å²) >= 11 is 1.54. The number of anilines is 1. The zero-order valence-corrected chi connectivity index (χ0v) is 10.9. The van der Waals surface area contributed by atoms with E-state index in [4.69, 9.17) is 0 Å². The van der Waals surface area contributed by atoms with Crippen molar-refractivity contribution in [1.29, 1.82) is 0 Å². The second kappa shape index (κ2) is 6.51. The average Bonchev–Trinajstić information content (AvgIpc) is 2.28. The number of para-hydroxylation sites is 1. The van der Waals surface area contributed by atoms with Gasteiger partial charge < -0.3 is 15.7 Å². The Morgan fingerprint density at radius 3 is 2.65 bits per heavy atom. The highest BCUT2D eigenvalue weighted by Gasteiger charge is 2.20. The van der Waals surface area contributed by atoms with Crippen LogP contribution in [0.2, 0.25) is 0 Å². The molecule has 5 heteroatoms. The molecule has 0 saturated carbocycles. The fourth-order valence-electron chi connectivity index (χ4n) is 1.33. The molecule has 1 aromatic carbocycles. The molecule has 17 heavy (non-hydrogen) atoms. The molecule has 0 spiro atoms. The molecule has 1 atom stereocenters. The Kier molecular flexibility index (Phi) is 5.31. The second-order valence-corrected chi connectivity index (χ2v) is 4.97. The van der Waals surface area contributed by atoms with Crippen LogP contribution in [0.1, 0.15) is 6.92 Å². The van der Waals surface area contributed by atoms with Gasteiger partial charge in [-0.05, 0) is 25.3 Å². The molecular formula is C12H18N2O2S. The van der Waals surface area contributed by atoms with Crippen LogP contribution < -0.4 is 10.6 Å². The highest BCUT2D eigenvalue weighted by atomic mass is 32.2. The van der Waals surface area contributed by atoms with E-state index in [1.54, 1.807) is 30.8 Å². The maximum absolute atomic E-state index is 11.5. The molecule has 0 unspecified atom stereocenters. The van der Waals surface area contributed by atoms with Gasteiger partial charge in [-0.25, -0.2) is 4.79 Å². The summed E-state index contributed by atoms with van der Waals surface area (Å²) in [6, 6.07) is 8.88. The Labute approximate surface area is 106 Å². The van der Waals surface area contributed by atoms with Gasteiger partial charge in [-0.1, -0.05) is 18.2 Å². The number of benzene rings is 1. The van der Waals surface area contributed by atoms with Crippen LogP contribution >= 0.6 is 11.8 Å². The number of carbonyl (C=O) groups is 1. The lowest BCUT2D eigenvalue weighted by Gasteiger charge is -2.22. The van der Waals surface area contributed by atoms with E-state index in [2.05, 4.69) is 10.6 Å². The van der Waals surface area contributed by atoms with Crippen LogP contribution in [-0.2, 0) is 0 Å². The minimum absolute atomic E-state index is 0.229. The lowest BCUT2D eigenvalue weighted by Crippen LogP contribution is -2.43. The van der Waals surface area contributed by atoms with Crippen LogP contribution in [0.4, 0.5) is 10.5 Å². The molecule has 3 N–H and O–H groups in total. The molecule has 0 aromatic heterocycles. The smallest absolute Gasteiger partial charge is 0.319 e. The van der Waals surface area contributed by atoms with Crippen LogP contribution in [0.15, 0.2) is 30.3 Å². The van der Waals surface area contributed by atoms with Gasteiger partial charge in [-0.15, -0.1) is 0 Å². The van der Waals surface area contributed by atoms with Gasteiger partial charge in [-0.3, -0.25) is 0 Å². The number of aliphatic hydroxyl groups is 1. The third-order valence-corrected chi connectivity index (χ3v) is 3.03. The first-order chi connectivity index (χ1) is 8.03. The van der Waals surface area contributed by atoms with Gasteiger partial charge in [-0.2, -0.15) is 11.8 Å². The zero-order chi connectivity index (χ0) is 12.7. The fraction of sp³-hybridized carbons (Fsp3) is 0.417. The van der Waals surface area contributed by atoms with Crippen molar-refractivity contribution < 1.29 is 9.90 Å². The van der Waals surface area contributed by atoms with Crippen molar-refractivity contribution in [3.05, 3.63) is 30.3 Å². The Morgan fingerprint density at radius 2 is 2.06 bits per heavy atom. The van der Waals surface area contributed by atoms with Crippen molar-refractivity contribution in [1.82, 2.24) is 5.32 Å². The van der Waals surface area contributed by atoms with Crippen LogP contribution in [0.5, 0.6) is 0 Å². The molecule has 2 amide bonds. The summed E-state index contributed by atoms with van der Waals surface area (Å²) in [5, 5.41) is 15.2. The van der Waals surface area contributed by atoms with Gasteiger partial charge in [0, 0.05) is 18.0 Å². The molecule has 1 rings (SSSR count). The second-order valence-electron chi connectivity index (χ2n) is 4.10. The molecule has 0 fully saturated rings. The zero-order valence-electron chi connectivity index (χ0n) is 10.1. The lowest BCUT2D eigenvalue weighted by molar-refractivity contribution is 0.0876. The van der Waals surface area contributed by atoms with E-state index in [1.165, 1.54) is 0 Å². The molecule has 0 aliphatic carbocycles. The molecule has 0 radical (unpaired) electrons. The monoisotopic (exact) mass is 254 g/mol. The summed E-state index contributed by atoms with van der Waals surface area (Å²) in [7, 11) is 0. The molecule has 0 saturated heterocycles. The largest absolute Gasteiger partial charge is 0.387 e. The summed E-state index contributed by atoms with van der Waals surface area (Å²) in [5.74, 6) is 0.582. The number of hydrogen-bond acceptors (Lipinski definition) is 3. The predicted octanol–water partition coefficient (Wildman–Crippen LogP) is 1.92. The number of thioether (sulfide) groups is 1. The first kappa shape index (κ1) is 13.9. The normalized spacial score (nSPS) is 13.8. The third kappa shape index (κ3) is 5.60. The first-order valence-corrected chi connectivity index (χ1v) is 6.74. The van der Waals surface area contributed by atoms with Gasteiger partial charge in [0.15, 0.2) is 0 Å². The number of carbonyl (C=O) groups excluding carboxylic acids is 1. The minimum atomic E-state index is -0.882. The Bertz CT molecular complexity index is 355. The molecule has 0 aliphatic rings. The first-order valence-electron chi connectivity index (χ1n) is 5.35. The van der Waals surface area contributed by atoms with Crippen molar-refractivity contribution in [2.24, 2.45) is 0 Å². The Hall–Kier alpha value is -1.20. The third-order valence-electron chi connectivity index (χ3n) is 2.12. The van der Waals surface area contributed by atoms with Crippen LogP contribution in [0.3, 0.4) is 0 Å². The van der Waals surface area contributed by atoms with Crippen molar-refractivity contribution in [3.8, 4) is 0 Å². The Morgan fingerprint density at radius 1 is 1.41 bits per heavy atom. The van der Waals surface area contributed by atoms with Crippen molar-refractivity contribution in [2.45, 2.75) is 12.5 Å². The summed E-state index contributed by atoms with van der Waals surface area (Å²) < 4.78 is 0. The maximum Gasteiger partial charge on any atom is 0.319 e. The van der Waals surface area contributed by atoms with Gasteiger partial charge in [0.25, 0.3) is 0 Å². The SMILES string of the molecule is CSC[C@@](C)(O)CNC(=O)Nc1ccccc1. The number of nitrogens with one attached hydrogen (secondary N) is 2. The van der Waals surface area contributed by atoms with Gasteiger partial charge >= 0.3 is 6.03 Å². The number of rotatable bonds is 5. The van der Waals surface area contributed by atoms with E-state index in [9.17, 15) is 9.90 Å². The molecule has 94 valence electrons. The number of urea groups is 1. The predicted molar refractivity (Wildman–Crippen MR) is 72.5 cm³/mol. The van der Waals surface area contributed by atoms with Gasteiger partial charge in [0.05, 0.1) is 5.60 Å². The minimum Gasteiger partial charge on any atom is -0.387 e. The highest BCUT2D eigenvalue weighted by Crippen LogP contribution is 2.09. The summed E-state index contributed by atoms with van der Waals surface area (Å²) in [6.07, 6.45) is 1.92. The van der Waals surface area contributed by atoms with E-state index < -0.39 is 5.60 Å². The number of hydrogen-bond donors (Lipinski definition) is 3. The molecule has 0 bridgehead atoms. The van der Waals surface area contributed by atoms with Crippen molar-refractivity contribution in [2.75, 3.05) is 23.9 Å². The number of amides is 2. The van der Waals surface area contributed by atoms with E-state index in [0.29, 0.717) is 5.75 Å². The van der Waals surface area contributed by atoms with E-state index >= 15 is 0 Å². The van der Waals surface area contributed by atoms with Crippen LogP contribution in [-0.4, -0.2) is 35.3 Å². The van der Waals surface area contributed by atoms with Crippen molar-refractivity contribution in [3.63, 3.8) is 0 Å². The summed E-state index contributed by atoms with van der Waals surface area (Å²) in [4.78, 5) is 11.5. The van der Waals surface area contributed by atoms with Gasteiger partial charge in [0.1, 0.15) is 0 Å². The summed E-state index contributed by atoms with van der Waals surface area (Å²) in [6.45, 7) is 1.93. The standard InChI is InChI=1S/C12H18N2O2S/c1-12(16,9-17-2)8-13-11(15)14-10-6-4-3-5-7-10/h3-7,16H,8-9H2,1-2H3,(H2,13,14,15)/t12-/m0/s1. The van der Waals surface area contributed by atoms with E-state index in [1.807, 2.05) is 24.5 Å². The highest BCUT2D eigenvalue weighted by molar-refractivity contribution is 7.98. The van der Waals surface area contributed by atoms with Crippen molar-refractivity contribution >= 4 is 23.5 Å². The molecule has 4 nitrogen and oxygen atoms in total. The fourth-order valence-corrected chi connectivity index (χ4v) is 2.05. The average molecular weight is 254 g/mol. The topological polar surface area (TPSA) is 61.4 Å². The van der Waals surface area contributed by atoms with Crippen LogP contribution in [0.25, 0.3) is 0 Å². The molecule has 1 aromatic rings. The van der Waals surface area contributed by atoms with E-state index in [0.717, 1.165) is 5.69 Å². The molecule has 0 heterocycles. The molecule has 0 aliphatic heterocycles. The molecular weight excluding hydrogens is 236 g/mol. The van der Waals surface area contributed by atoms with Crippen LogP contribution in [0, 0.1) is 0 Å². The lowest BCUT2D eigenvalue weighted by atomic mass is 10.1. The Balaban J connectivity index is 2.36. The van der Waals surface area contributed by atoms with E-state index in [-0.39, 0.29) is 12.6 Å². The van der Waals surface area contributed by atoms with Gasteiger partial charge in [0.2, 0.25) is 0 Å². The quantitative estimate of drug-likeness (QED) is 0.752. The maximum atomic E-state index is 11.5.